The molecule has 0 bridgehead atoms. The van der Waals surface area contributed by atoms with Gasteiger partial charge in [-0.25, -0.2) is 4.39 Å². The van der Waals surface area contributed by atoms with Gasteiger partial charge in [0.25, 0.3) is 0 Å². The standard InChI is InChI=1S/C15H21FN2/c1-3-5-6-12(4-2)11-18-14-7-8-15(16)13(9-14)10-17/h7-9,12,18H,3-6,11H2,1-2H3. The lowest BCUT2D eigenvalue weighted by atomic mass is 9.99. The van der Waals surface area contributed by atoms with E-state index in [-0.39, 0.29) is 5.56 Å². The average Bonchev–Trinajstić information content (AvgIpc) is 2.40. The van der Waals surface area contributed by atoms with Crippen LogP contribution < -0.4 is 5.32 Å². The molecule has 0 aliphatic rings. The van der Waals surface area contributed by atoms with Crippen molar-refractivity contribution in [3.63, 3.8) is 0 Å². The third-order valence-corrected chi connectivity index (χ3v) is 3.22. The molecular formula is C15H21FN2. The smallest absolute Gasteiger partial charge is 0.141 e. The SMILES string of the molecule is CCCCC(CC)CNc1ccc(F)c(C#N)c1. The predicted molar refractivity (Wildman–Crippen MR) is 72.9 cm³/mol. The molecule has 1 rings (SSSR count). The molecule has 0 aliphatic heterocycles. The predicted octanol–water partition coefficient (Wildman–Crippen LogP) is 4.33. The lowest BCUT2D eigenvalue weighted by Crippen LogP contribution is -2.13. The van der Waals surface area contributed by atoms with Crippen molar-refractivity contribution < 1.29 is 4.39 Å². The van der Waals surface area contributed by atoms with Gasteiger partial charge >= 0.3 is 0 Å². The highest BCUT2D eigenvalue weighted by molar-refractivity contribution is 5.49. The van der Waals surface area contributed by atoms with E-state index >= 15 is 0 Å². The van der Waals surface area contributed by atoms with E-state index < -0.39 is 5.82 Å². The molecule has 0 spiro atoms. The van der Waals surface area contributed by atoms with E-state index in [0.29, 0.717) is 5.92 Å². The Morgan fingerprint density at radius 3 is 2.78 bits per heavy atom. The summed E-state index contributed by atoms with van der Waals surface area (Å²) in [6.07, 6.45) is 4.81. The molecule has 3 heteroatoms. The second kappa shape index (κ2) is 7.71. The van der Waals surface area contributed by atoms with Crippen molar-refractivity contribution in [2.45, 2.75) is 39.5 Å². The Morgan fingerprint density at radius 1 is 1.39 bits per heavy atom. The van der Waals surface area contributed by atoms with Crippen LogP contribution in [0.4, 0.5) is 10.1 Å². The van der Waals surface area contributed by atoms with E-state index in [1.165, 1.54) is 25.3 Å². The molecule has 1 unspecified atom stereocenters. The fourth-order valence-electron chi connectivity index (χ4n) is 1.93. The molecule has 0 heterocycles. The van der Waals surface area contributed by atoms with Crippen molar-refractivity contribution >= 4 is 5.69 Å². The van der Waals surface area contributed by atoms with Crippen LogP contribution in [-0.4, -0.2) is 6.54 Å². The topological polar surface area (TPSA) is 35.8 Å². The van der Waals surface area contributed by atoms with Gasteiger partial charge in [-0.15, -0.1) is 0 Å². The molecule has 0 fully saturated rings. The third-order valence-electron chi connectivity index (χ3n) is 3.22. The first-order valence-corrected chi connectivity index (χ1v) is 6.64. The van der Waals surface area contributed by atoms with Crippen LogP contribution in [0, 0.1) is 23.1 Å². The van der Waals surface area contributed by atoms with Gasteiger partial charge < -0.3 is 5.32 Å². The largest absolute Gasteiger partial charge is 0.385 e. The quantitative estimate of drug-likeness (QED) is 0.779. The minimum Gasteiger partial charge on any atom is -0.385 e. The van der Waals surface area contributed by atoms with Crippen LogP contribution in [0.2, 0.25) is 0 Å². The molecule has 0 saturated heterocycles. The molecule has 2 nitrogen and oxygen atoms in total. The highest BCUT2D eigenvalue weighted by Gasteiger charge is 2.07. The molecule has 98 valence electrons. The summed E-state index contributed by atoms with van der Waals surface area (Å²) in [5.41, 5.74) is 0.921. The summed E-state index contributed by atoms with van der Waals surface area (Å²) >= 11 is 0. The van der Waals surface area contributed by atoms with Crippen molar-refractivity contribution in [3.05, 3.63) is 29.6 Å². The van der Waals surface area contributed by atoms with Crippen LogP contribution in [0.1, 0.15) is 45.1 Å². The molecule has 0 amide bonds. The number of halogens is 1. The van der Waals surface area contributed by atoms with Gasteiger partial charge in [-0.1, -0.05) is 33.1 Å². The van der Waals surface area contributed by atoms with Crippen molar-refractivity contribution in [1.82, 2.24) is 0 Å². The van der Waals surface area contributed by atoms with Gasteiger partial charge in [-0.05, 0) is 30.5 Å². The summed E-state index contributed by atoms with van der Waals surface area (Å²) in [7, 11) is 0. The highest BCUT2D eigenvalue weighted by atomic mass is 19.1. The maximum atomic E-state index is 13.2. The van der Waals surface area contributed by atoms with Crippen molar-refractivity contribution in [2.24, 2.45) is 5.92 Å². The Bertz CT molecular complexity index is 409. The minimum absolute atomic E-state index is 0.0987. The van der Waals surface area contributed by atoms with Crippen LogP contribution in [0.5, 0.6) is 0 Å². The summed E-state index contributed by atoms with van der Waals surface area (Å²) in [5.74, 6) is 0.182. The second-order valence-corrected chi connectivity index (χ2v) is 4.60. The number of nitrogens with one attached hydrogen (secondary N) is 1. The molecule has 0 aromatic heterocycles. The van der Waals surface area contributed by atoms with Crippen LogP contribution in [-0.2, 0) is 0 Å². The zero-order valence-corrected chi connectivity index (χ0v) is 11.2. The zero-order valence-electron chi connectivity index (χ0n) is 11.2. The molecule has 1 aromatic carbocycles. The van der Waals surface area contributed by atoms with Gasteiger partial charge in [0, 0.05) is 12.2 Å². The lowest BCUT2D eigenvalue weighted by molar-refractivity contribution is 0.473. The molecule has 1 aromatic rings. The summed E-state index contributed by atoms with van der Waals surface area (Å²) in [6.45, 7) is 5.26. The molecule has 0 saturated carbocycles. The normalized spacial score (nSPS) is 11.9. The zero-order chi connectivity index (χ0) is 13.4. The molecule has 0 radical (unpaired) electrons. The number of hydrogen-bond donors (Lipinski definition) is 1. The van der Waals surface area contributed by atoms with Gasteiger partial charge in [-0.3, -0.25) is 0 Å². The molecule has 1 atom stereocenters. The van der Waals surface area contributed by atoms with Gasteiger partial charge in [0.05, 0.1) is 5.56 Å². The minimum atomic E-state index is -0.457. The monoisotopic (exact) mass is 248 g/mol. The van der Waals surface area contributed by atoms with E-state index in [4.69, 9.17) is 5.26 Å². The van der Waals surface area contributed by atoms with Gasteiger partial charge in [0.1, 0.15) is 11.9 Å². The van der Waals surface area contributed by atoms with E-state index in [1.807, 2.05) is 6.07 Å². The molecule has 1 N–H and O–H groups in total. The number of rotatable bonds is 7. The average molecular weight is 248 g/mol. The number of nitriles is 1. The molecule has 18 heavy (non-hydrogen) atoms. The Morgan fingerprint density at radius 2 is 2.17 bits per heavy atom. The van der Waals surface area contributed by atoms with Crippen molar-refractivity contribution in [3.8, 4) is 6.07 Å². The first kappa shape index (κ1) is 14.5. The van der Waals surface area contributed by atoms with Crippen molar-refractivity contribution in [2.75, 3.05) is 11.9 Å². The number of hydrogen-bond acceptors (Lipinski definition) is 2. The van der Waals surface area contributed by atoms with E-state index in [0.717, 1.165) is 18.7 Å². The fraction of sp³-hybridized carbons (Fsp3) is 0.533. The maximum absolute atomic E-state index is 13.2. The lowest BCUT2D eigenvalue weighted by Gasteiger charge is -2.16. The van der Waals surface area contributed by atoms with Crippen LogP contribution in [0.15, 0.2) is 18.2 Å². The van der Waals surface area contributed by atoms with Crippen LogP contribution in [0.3, 0.4) is 0 Å². The van der Waals surface area contributed by atoms with Gasteiger partial charge in [0.2, 0.25) is 0 Å². The first-order chi connectivity index (χ1) is 8.71. The number of nitrogens with zero attached hydrogens (tertiary/aromatic N) is 1. The summed E-state index contributed by atoms with van der Waals surface area (Å²) < 4.78 is 13.2. The van der Waals surface area contributed by atoms with Crippen molar-refractivity contribution in [1.29, 1.82) is 5.26 Å². The molecule has 0 aliphatic carbocycles. The summed E-state index contributed by atoms with van der Waals surface area (Å²) in [6, 6.07) is 6.45. The van der Waals surface area contributed by atoms with E-state index in [1.54, 1.807) is 12.1 Å². The number of benzene rings is 1. The summed E-state index contributed by atoms with van der Waals surface area (Å²) in [4.78, 5) is 0. The maximum Gasteiger partial charge on any atom is 0.141 e. The Balaban J connectivity index is 2.54. The van der Waals surface area contributed by atoms with Gasteiger partial charge in [-0.2, -0.15) is 5.26 Å². The van der Waals surface area contributed by atoms with Crippen LogP contribution in [0.25, 0.3) is 0 Å². The fourth-order valence-corrected chi connectivity index (χ4v) is 1.93. The molecular weight excluding hydrogens is 227 g/mol. The van der Waals surface area contributed by atoms with Crippen LogP contribution >= 0.6 is 0 Å². The summed E-state index contributed by atoms with van der Waals surface area (Å²) in [5, 5.41) is 12.1. The highest BCUT2D eigenvalue weighted by Crippen LogP contribution is 2.17. The number of unbranched alkanes of at least 4 members (excludes halogenated alkanes) is 1. The number of anilines is 1. The first-order valence-electron chi connectivity index (χ1n) is 6.64. The Kier molecular flexibility index (Phi) is 6.21. The van der Waals surface area contributed by atoms with E-state index in [2.05, 4.69) is 19.2 Å². The second-order valence-electron chi connectivity index (χ2n) is 4.60. The Labute approximate surface area is 109 Å². The third kappa shape index (κ3) is 4.37. The Hall–Kier alpha value is -1.56. The van der Waals surface area contributed by atoms with Gasteiger partial charge in [0.15, 0.2) is 0 Å². The van der Waals surface area contributed by atoms with E-state index in [9.17, 15) is 4.39 Å².